The third-order valence-corrected chi connectivity index (χ3v) is 3.70. The van der Waals surface area contributed by atoms with Crippen LogP contribution in [0.15, 0.2) is 0 Å². The molecule has 1 saturated heterocycles. The Balaban J connectivity index is 1.92. The maximum absolute atomic E-state index is 9.48. The van der Waals surface area contributed by atoms with Gasteiger partial charge in [0.15, 0.2) is 0 Å². The van der Waals surface area contributed by atoms with E-state index in [-0.39, 0.29) is 18.8 Å². The second kappa shape index (κ2) is 4.61. The summed E-state index contributed by atoms with van der Waals surface area (Å²) in [5, 5.41) is 9.48. The van der Waals surface area contributed by atoms with Gasteiger partial charge in [0.05, 0.1) is 24.4 Å². The lowest BCUT2D eigenvalue weighted by Gasteiger charge is -2.40. The quantitative estimate of drug-likeness (QED) is 0.721. The summed E-state index contributed by atoms with van der Waals surface area (Å²) in [6.45, 7) is 6.93. The molecular weight excluding hydrogens is 204 g/mol. The number of aliphatic hydroxyl groups excluding tert-OH is 1. The Morgan fingerprint density at radius 1 is 1.31 bits per heavy atom. The van der Waals surface area contributed by atoms with E-state index >= 15 is 0 Å². The monoisotopic (exact) mass is 228 g/mol. The average molecular weight is 228 g/mol. The lowest BCUT2D eigenvalue weighted by Crippen LogP contribution is -2.58. The molecule has 2 fully saturated rings. The van der Waals surface area contributed by atoms with Gasteiger partial charge in [-0.15, -0.1) is 0 Å². The lowest BCUT2D eigenvalue weighted by atomic mass is 9.94. The van der Waals surface area contributed by atoms with E-state index in [2.05, 4.69) is 18.7 Å². The Morgan fingerprint density at radius 2 is 1.88 bits per heavy atom. The first-order chi connectivity index (χ1) is 7.53. The Hall–Kier alpha value is -0.160. The van der Waals surface area contributed by atoms with Crippen molar-refractivity contribution >= 4 is 0 Å². The van der Waals surface area contributed by atoms with Crippen molar-refractivity contribution in [3.8, 4) is 0 Å². The predicted octanol–water partition coefficient (Wildman–Crippen LogP) is 0.195. The van der Waals surface area contributed by atoms with Gasteiger partial charge in [-0.05, 0) is 32.6 Å². The van der Waals surface area contributed by atoms with Gasteiger partial charge in [0.2, 0.25) is 0 Å². The summed E-state index contributed by atoms with van der Waals surface area (Å²) in [5.41, 5.74) is 5.90. The fourth-order valence-corrected chi connectivity index (χ4v) is 2.80. The number of hydrogen-bond donors (Lipinski definition) is 2. The zero-order valence-electron chi connectivity index (χ0n) is 10.4. The van der Waals surface area contributed by atoms with Crippen LogP contribution in [0.25, 0.3) is 0 Å². The third-order valence-electron chi connectivity index (χ3n) is 3.70. The van der Waals surface area contributed by atoms with Gasteiger partial charge in [0.25, 0.3) is 0 Å². The molecule has 16 heavy (non-hydrogen) atoms. The van der Waals surface area contributed by atoms with Gasteiger partial charge in [-0.1, -0.05) is 0 Å². The van der Waals surface area contributed by atoms with Crippen molar-refractivity contribution in [2.24, 2.45) is 11.7 Å². The molecule has 2 aliphatic rings. The summed E-state index contributed by atoms with van der Waals surface area (Å²) in [7, 11) is 0. The molecule has 0 aromatic rings. The van der Waals surface area contributed by atoms with Crippen LogP contribution in [-0.2, 0) is 4.74 Å². The van der Waals surface area contributed by atoms with Gasteiger partial charge in [0, 0.05) is 19.6 Å². The van der Waals surface area contributed by atoms with E-state index in [0.717, 1.165) is 19.6 Å². The average Bonchev–Trinajstić information content (AvgIpc) is 2.98. The lowest BCUT2D eigenvalue weighted by molar-refractivity contribution is -0.0757. The number of nitrogens with zero attached hydrogens (tertiary/aromatic N) is 1. The fraction of sp³-hybridized carbons (Fsp3) is 1.00. The zero-order chi connectivity index (χ0) is 11.8. The van der Waals surface area contributed by atoms with Gasteiger partial charge >= 0.3 is 0 Å². The molecule has 1 unspecified atom stereocenters. The molecule has 4 heteroatoms. The van der Waals surface area contributed by atoms with Crippen LogP contribution >= 0.6 is 0 Å². The van der Waals surface area contributed by atoms with Crippen molar-refractivity contribution in [3.63, 3.8) is 0 Å². The van der Waals surface area contributed by atoms with Gasteiger partial charge in [-0.2, -0.15) is 0 Å². The number of hydrogen-bond acceptors (Lipinski definition) is 4. The minimum absolute atomic E-state index is 0.0950. The molecule has 0 bridgehead atoms. The first-order valence-corrected chi connectivity index (χ1v) is 6.31. The minimum atomic E-state index is -0.392. The van der Waals surface area contributed by atoms with Crippen LogP contribution in [0.2, 0.25) is 0 Å². The Bertz CT molecular complexity index is 235. The van der Waals surface area contributed by atoms with Crippen LogP contribution in [0.4, 0.5) is 0 Å². The Kier molecular flexibility index (Phi) is 3.54. The highest BCUT2D eigenvalue weighted by Crippen LogP contribution is 2.38. The first-order valence-electron chi connectivity index (χ1n) is 6.31. The Morgan fingerprint density at radius 3 is 2.31 bits per heavy atom. The predicted molar refractivity (Wildman–Crippen MR) is 63.2 cm³/mol. The van der Waals surface area contributed by atoms with Crippen LogP contribution in [0.1, 0.15) is 26.7 Å². The molecule has 3 N–H and O–H groups in total. The van der Waals surface area contributed by atoms with Crippen LogP contribution in [0, 0.1) is 5.92 Å². The highest BCUT2D eigenvalue weighted by Gasteiger charge is 2.43. The molecule has 1 aliphatic carbocycles. The van der Waals surface area contributed by atoms with E-state index < -0.39 is 5.54 Å². The van der Waals surface area contributed by atoms with Gasteiger partial charge in [-0.25, -0.2) is 0 Å². The zero-order valence-corrected chi connectivity index (χ0v) is 10.4. The molecule has 0 amide bonds. The topological polar surface area (TPSA) is 58.7 Å². The van der Waals surface area contributed by atoms with Crippen LogP contribution in [0.5, 0.6) is 0 Å². The molecule has 3 atom stereocenters. The summed E-state index contributed by atoms with van der Waals surface area (Å²) in [5.74, 6) is 0.519. The second-order valence-electron chi connectivity index (χ2n) is 5.62. The second-order valence-corrected chi connectivity index (χ2v) is 5.62. The van der Waals surface area contributed by atoms with E-state index in [1.165, 1.54) is 12.8 Å². The maximum Gasteiger partial charge on any atom is 0.0678 e. The van der Waals surface area contributed by atoms with Gasteiger partial charge in [-0.3, -0.25) is 4.90 Å². The molecule has 4 nitrogen and oxygen atoms in total. The normalized spacial score (nSPS) is 36.0. The van der Waals surface area contributed by atoms with Gasteiger partial charge < -0.3 is 15.6 Å². The summed E-state index contributed by atoms with van der Waals surface area (Å²) < 4.78 is 5.70. The molecular formula is C12H24N2O2. The molecule has 0 aromatic carbocycles. The van der Waals surface area contributed by atoms with Crippen LogP contribution in [-0.4, -0.2) is 54.0 Å². The van der Waals surface area contributed by atoms with E-state index in [4.69, 9.17) is 10.5 Å². The molecule has 1 aliphatic heterocycles. The SMILES string of the molecule is C[C@@H]1CN(CC(N)(CO)C2CC2)C[C@H](C)O1. The number of nitrogens with two attached hydrogens (primary N) is 1. The smallest absolute Gasteiger partial charge is 0.0678 e. The van der Waals surface area contributed by atoms with E-state index in [1.807, 2.05) is 0 Å². The van der Waals surface area contributed by atoms with Crippen molar-refractivity contribution in [1.29, 1.82) is 0 Å². The van der Waals surface area contributed by atoms with Crippen molar-refractivity contribution in [2.45, 2.75) is 44.4 Å². The number of aliphatic hydroxyl groups is 1. The van der Waals surface area contributed by atoms with Crippen molar-refractivity contribution in [2.75, 3.05) is 26.2 Å². The molecule has 0 aromatic heterocycles. The fourth-order valence-electron chi connectivity index (χ4n) is 2.80. The largest absolute Gasteiger partial charge is 0.394 e. The first kappa shape index (κ1) is 12.3. The summed E-state index contributed by atoms with van der Waals surface area (Å²) in [6, 6.07) is 0. The number of morpholine rings is 1. The van der Waals surface area contributed by atoms with Crippen LogP contribution < -0.4 is 5.73 Å². The van der Waals surface area contributed by atoms with E-state index in [0.29, 0.717) is 5.92 Å². The molecule has 2 rings (SSSR count). The third kappa shape index (κ3) is 2.74. The number of ether oxygens (including phenoxy) is 1. The summed E-state index contributed by atoms with van der Waals surface area (Å²) in [4.78, 5) is 2.34. The van der Waals surface area contributed by atoms with Crippen molar-refractivity contribution in [1.82, 2.24) is 4.90 Å². The van der Waals surface area contributed by atoms with Crippen molar-refractivity contribution < 1.29 is 9.84 Å². The maximum atomic E-state index is 9.48. The summed E-state index contributed by atoms with van der Waals surface area (Å²) >= 11 is 0. The highest BCUT2D eigenvalue weighted by molar-refractivity contribution is 5.00. The molecule has 1 heterocycles. The highest BCUT2D eigenvalue weighted by atomic mass is 16.5. The molecule has 1 saturated carbocycles. The van der Waals surface area contributed by atoms with Gasteiger partial charge in [0.1, 0.15) is 0 Å². The van der Waals surface area contributed by atoms with E-state index in [9.17, 15) is 5.11 Å². The number of rotatable bonds is 4. The van der Waals surface area contributed by atoms with Crippen molar-refractivity contribution in [3.05, 3.63) is 0 Å². The Labute approximate surface area is 97.7 Å². The van der Waals surface area contributed by atoms with Crippen LogP contribution in [0.3, 0.4) is 0 Å². The molecule has 0 radical (unpaired) electrons. The minimum Gasteiger partial charge on any atom is -0.394 e. The standard InChI is InChI=1S/C12H24N2O2/c1-9-5-14(6-10(2)16-9)7-12(13,8-15)11-3-4-11/h9-11,15H,3-8,13H2,1-2H3/t9-,10+,12?. The molecule has 94 valence electrons. The molecule has 0 spiro atoms. The summed E-state index contributed by atoms with van der Waals surface area (Å²) in [6.07, 6.45) is 2.88. The van der Waals surface area contributed by atoms with E-state index in [1.54, 1.807) is 0 Å².